The molecule has 1 aliphatic rings. The van der Waals surface area contributed by atoms with Gasteiger partial charge in [-0.15, -0.1) is 0 Å². The first-order chi connectivity index (χ1) is 10.3. The standard InChI is InChI=1S/C18H18O3/c19-18-16(10-11-20-18)12-14-6-8-17(9-7-14)21-13-15-4-2-1-3-5-15/h1-9,16H,10-13H2. The van der Waals surface area contributed by atoms with Crippen LogP contribution in [-0.2, 0) is 22.6 Å². The summed E-state index contributed by atoms with van der Waals surface area (Å²) in [5, 5.41) is 0. The van der Waals surface area contributed by atoms with E-state index in [1.165, 1.54) is 0 Å². The molecule has 1 aliphatic heterocycles. The van der Waals surface area contributed by atoms with Gasteiger partial charge in [0, 0.05) is 0 Å². The molecule has 1 unspecified atom stereocenters. The van der Waals surface area contributed by atoms with Crippen molar-refractivity contribution in [1.82, 2.24) is 0 Å². The molecule has 1 atom stereocenters. The van der Waals surface area contributed by atoms with Crippen LogP contribution >= 0.6 is 0 Å². The van der Waals surface area contributed by atoms with Gasteiger partial charge in [0.15, 0.2) is 0 Å². The van der Waals surface area contributed by atoms with Crippen molar-refractivity contribution in [1.29, 1.82) is 0 Å². The van der Waals surface area contributed by atoms with Crippen molar-refractivity contribution in [3.05, 3.63) is 65.7 Å². The monoisotopic (exact) mass is 282 g/mol. The van der Waals surface area contributed by atoms with Gasteiger partial charge in [-0.1, -0.05) is 42.5 Å². The van der Waals surface area contributed by atoms with Gasteiger partial charge in [0.05, 0.1) is 12.5 Å². The van der Waals surface area contributed by atoms with Crippen LogP contribution in [0.15, 0.2) is 54.6 Å². The second-order valence-electron chi connectivity index (χ2n) is 5.28. The summed E-state index contributed by atoms with van der Waals surface area (Å²) in [4.78, 5) is 11.5. The molecule has 1 heterocycles. The Morgan fingerprint density at radius 1 is 1.00 bits per heavy atom. The Bertz CT molecular complexity index is 590. The lowest BCUT2D eigenvalue weighted by Gasteiger charge is -2.09. The molecule has 0 aliphatic carbocycles. The second-order valence-corrected chi connectivity index (χ2v) is 5.28. The van der Waals surface area contributed by atoms with Crippen LogP contribution in [-0.4, -0.2) is 12.6 Å². The van der Waals surface area contributed by atoms with Gasteiger partial charge in [0.1, 0.15) is 12.4 Å². The van der Waals surface area contributed by atoms with Gasteiger partial charge in [-0.2, -0.15) is 0 Å². The van der Waals surface area contributed by atoms with E-state index in [-0.39, 0.29) is 11.9 Å². The quantitative estimate of drug-likeness (QED) is 0.789. The molecule has 0 bridgehead atoms. The van der Waals surface area contributed by atoms with E-state index in [2.05, 4.69) is 0 Å². The fourth-order valence-corrected chi connectivity index (χ4v) is 2.47. The van der Waals surface area contributed by atoms with E-state index in [0.29, 0.717) is 13.2 Å². The maximum absolute atomic E-state index is 11.5. The van der Waals surface area contributed by atoms with Crippen molar-refractivity contribution in [2.45, 2.75) is 19.4 Å². The Morgan fingerprint density at radius 3 is 2.43 bits per heavy atom. The van der Waals surface area contributed by atoms with Gasteiger partial charge in [-0.25, -0.2) is 0 Å². The van der Waals surface area contributed by atoms with E-state index in [1.807, 2.05) is 54.6 Å². The Hall–Kier alpha value is -2.29. The molecular weight excluding hydrogens is 264 g/mol. The van der Waals surface area contributed by atoms with Crippen molar-refractivity contribution >= 4 is 5.97 Å². The van der Waals surface area contributed by atoms with Crippen LogP contribution in [0.5, 0.6) is 5.75 Å². The van der Waals surface area contributed by atoms with E-state index < -0.39 is 0 Å². The van der Waals surface area contributed by atoms with Gasteiger partial charge in [-0.05, 0) is 36.1 Å². The number of cyclic esters (lactones) is 1. The number of esters is 1. The molecule has 0 radical (unpaired) electrons. The van der Waals surface area contributed by atoms with Crippen LogP contribution in [0.4, 0.5) is 0 Å². The predicted molar refractivity (Wildman–Crippen MR) is 80.0 cm³/mol. The molecule has 2 aromatic rings. The third-order valence-electron chi connectivity index (χ3n) is 3.70. The van der Waals surface area contributed by atoms with E-state index in [1.54, 1.807) is 0 Å². The lowest BCUT2D eigenvalue weighted by atomic mass is 9.98. The van der Waals surface area contributed by atoms with E-state index in [0.717, 1.165) is 29.7 Å². The van der Waals surface area contributed by atoms with Crippen LogP contribution in [0.1, 0.15) is 17.5 Å². The summed E-state index contributed by atoms with van der Waals surface area (Å²) in [7, 11) is 0. The summed E-state index contributed by atoms with van der Waals surface area (Å²) in [6, 6.07) is 18.0. The minimum atomic E-state index is -0.0700. The molecular formula is C18H18O3. The Kier molecular flexibility index (Phi) is 4.20. The Labute approximate surface area is 124 Å². The average Bonchev–Trinajstić information content (AvgIpc) is 2.93. The fourth-order valence-electron chi connectivity index (χ4n) is 2.47. The largest absolute Gasteiger partial charge is 0.489 e. The minimum Gasteiger partial charge on any atom is -0.489 e. The number of hydrogen-bond acceptors (Lipinski definition) is 3. The average molecular weight is 282 g/mol. The predicted octanol–water partition coefficient (Wildman–Crippen LogP) is 3.37. The molecule has 108 valence electrons. The van der Waals surface area contributed by atoms with Gasteiger partial charge in [0.25, 0.3) is 0 Å². The van der Waals surface area contributed by atoms with Crippen LogP contribution in [0.2, 0.25) is 0 Å². The summed E-state index contributed by atoms with van der Waals surface area (Å²) >= 11 is 0. The van der Waals surface area contributed by atoms with Crippen LogP contribution in [0, 0.1) is 5.92 Å². The third-order valence-corrected chi connectivity index (χ3v) is 3.70. The molecule has 3 nitrogen and oxygen atoms in total. The molecule has 0 saturated carbocycles. The van der Waals surface area contributed by atoms with Crippen LogP contribution < -0.4 is 4.74 Å². The maximum atomic E-state index is 11.5. The van der Waals surface area contributed by atoms with Crippen molar-refractivity contribution in [2.75, 3.05) is 6.61 Å². The van der Waals surface area contributed by atoms with Crippen LogP contribution in [0.25, 0.3) is 0 Å². The van der Waals surface area contributed by atoms with Crippen molar-refractivity contribution < 1.29 is 14.3 Å². The van der Waals surface area contributed by atoms with Crippen LogP contribution in [0.3, 0.4) is 0 Å². The van der Waals surface area contributed by atoms with Gasteiger partial charge in [0.2, 0.25) is 0 Å². The summed E-state index contributed by atoms with van der Waals surface area (Å²) in [5.41, 5.74) is 2.29. The maximum Gasteiger partial charge on any atom is 0.309 e. The van der Waals surface area contributed by atoms with E-state index in [9.17, 15) is 4.79 Å². The molecule has 0 aromatic heterocycles. The summed E-state index contributed by atoms with van der Waals surface area (Å²) < 4.78 is 10.7. The Balaban J connectivity index is 1.55. The molecule has 3 rings (SSSR count). The van der Waals surface area contributed by atoms with Gasteiger partial charge in [-0.3, -0.25) is 4.79 Å². The van der Waals surface area contributed by atoms with E-state index in [4.69, 9.17) is 9.47 Å². The molecule has 21 heavy (non-hydrogen) atoms. The zero-order valence-electron chi connectivity index (χ0n) is 11.8. The number of benzene rings is 2. The summed E-state index contributed by atoms with van der Waals surface area (Å²) in [5.74, 6) is 0.789. The zero-order valence-corrected chi connectivity index (χ0v) is 11.8. The highest BCUT2D eigenvalue weighted by molar-refractivity contribution is 5.74. The fraction of sp³-hybridized carbons (Fsp3) is 0.278. The topological polar surface area (TPSA) is 35.5 Å². The first kappa shape index (κ1) is 13.7. The smallest absolute Gasteiger partial charge is 0.309 e. The highest BCUT2D eigenvalue weighted by Gasteiger charge is 2.26. The zero-order chi connectivity index (χ0) is 14.5. The summed E-state index contributed by atoms with van der Waals surface area (Å²) in [6.45, 7) is 1.12. The number of ether oxygens (including phenoxy) is 2. The molecule has 0 N–H and O–H groups in total. The highest BCUT2D eigenvalue weighted by Crippen LogP contribution is 2.21. The minimum absolute atomic E-state index is 0.0149. The lowest BCUT2D eigenvalue weighted by molar-refractivity contribution is -0.141. The molecule has 2 aromatic carbocycles. The van der Waals surface area contributed by atoms with Crippen molar-refractivity contribution in [2.24, 2.45) is 5.92 Å². The summed E-state index contributed by atoms with van der Waals surface area (Å²) in [6.07, 6.45) is 1.57. The van der Waals surface area contributed by atoms with Gasteiger partial charge < -0.3 is 9.47 Å². The van der Waals surface area contributed by atoms with Crippen molar-refractivity contribution in [3.8, 4) is 5.75 Å². The van der Waals surface area contributed by atoms with Gasteiger partial charge >= 0.3 is 5.97 Å². The van der Waals surface area contributed by atoms with Crippen molar-refractivity contribution in [3.63, 3.8) is 0 Å². The number of hydrogen-bond donors (Lipinski definition) is 0. The molecule has 0 spiro atoms. The normalized spacial score (nSPS) is 17.5. The number of carbonyl (C=O) groups excluding carboxylic acids is 1. The number of carbonyl (C=O) groups is 1. The first-order valence-electron chi connectivity index (χ1n) is 7.23. The first-order valence-corrected chi connectivity index (χ1v) is 7.23. The second kappa shape index (κ2) is 6.44. The lowest BCUT2D eigenvalue weighted by Crippen LogP contribution is -2.10. The molecule has 3 heteroatoms. The molecule has 1 saturated heterocycles. The Morgan fingerprint density at radius 2 is 1.76 bits per heavy atom. The SMILES string of the molecule is O=C1OCCC1Cc1ccc(OCc2ccccc2)cc1. The van der Waals surface area contributed by atoms with E-state index >= 15 is 0 Å². The molecule has 0 amide bonds. The third kappa shape index (κ3) is 3.63. The molecule has 1 fully saturated rings. The number of rotatable bonds is 5. The highest BCUT2D eigenvalue weighted by atomic mass is 16.5.